The van der Waals surface area contributed by atoms with E-state index in [0.29, 0.717) is 11.0 Å². The third kappa shape index (κ3) is 2.34. The molecule has 3 nitrogen and oxygen atoms in total. The lowest BCUT2D eigenvalue weighted by atomic mass is 10.0. The molecule has 1 unspecified atom stereocenters. The molecule has 102 valence electrons. The van der Waals surface area contributed by atoms with Gasteiger partial charge in [-0.3, -0.25) is 0 Å². The number of fused-ring (bicyclic) bond motifs is 1. The Bertz CT molecular complexity index is 512. The van der Waals surface area contributed by atoms with Gasteiger partial charge in [-0.25, -0.2) is 4.98 Å². The standard InChI is InChI=1S/C15H21N3S/c1-10-5-2-3-8-18(10)15-12(14(16)19)9-11-6-4-7-13(11)17-15/h9-10H,2-8H2,1H3,(H2,16,19). The van der Waals surface area contributed by atoms with Gasteiger partial charge >= 0.3 is 0 Å². The van der Waals surface area contributed by atoms with E-state index in [0.717, 1.165) is 30.8 Å². The molecular weight excluding hydrogens is 254 g/mol. The Morgan fingerprint density at radius 2 is 2.21 bits per heavy atom. The van der Waals surface area contributed by atoms with E-state index in [1.165, 1.54) is 36.9 Å². The number of hydrogen-bond acceptors (Lipinski definition) is 3. The first-order valence-corrected chi connectivity index (χ1v) is 7.67. The molecule has 1 saturated heterocycles. The predicted octanol–water partition coefficient (Wildman–Crippen LogP) is 2.58. The fourth-order valence-corrected chi connectivity index (χ4v) is 3.42. The van der Waals surface area contributed by atoms with Crippen LogP contribution >= 0.6 is 12.2 Å². The summed E-state index contributed by atoms with van der Waals surface area (Å²) in [6, 6.07) is 2.72. The summed E-state index contributed by atoms with van der Waals surface area (Å²) >= 11 is 5.24. The summed E-state index contributed by atoms with van der Waals surface area (Å²) in [4.78, 5) is 7.79. The van der Waals surface area contributed by atoms with E-state index in [9.17, 15) is 0 Å². The quantitative estimate of drug-likeness (QED) is 0.842. The molecule has 0 spiro atoms. The number of aryl methyl sites for hydroxylation is 2. The second-order valence-electron chi connectivity index (χ2n) is 5.72. The zero-order valence-corrected chi connectivity index (χ0v) is 12.3. The van der Waals surface area contributed by atoms with Gasteiger partial charge in [-0.05, 0) is 57.1 Å². The Labute approximate surface area is 120 Å². The summed E-state index contributed by atoms with van der Waals surface area (Å²) in [5.74, 6) is 1.03. The SMILES string of the molecule is CC1CCCCN1c1nc2c(cc1C(N)=S)CCC2. The van der Waals surface area contributed by atoms with Crippen molar-refractivity contribution in [1.29, 1.82) is 0 Å². The maximum atomic E-state index is 5.93. The molecule has 0 saturated carbocycles. The van der Waals surface area contributed by atoms with Crippen LogP contribution in [0.3, 0.4) is 0 Å². The van der Waals surface area contributed by atoms with Gasteiger partial charge in [0.1, 0.15) is 10.8 Å². The van der Waals surface area contributed by atoms with E-state index < -0.39 is 0 Å². The molecule has 0 radical (unpaired) electrons. The second-order valence-corrected chi connectivity index (χ2v) is 6.16. The second kappa shape index (κ2) is 5.08. The average molecular weight is 275 g/mol. The molecule has 2 heterocycles. The van der Waals surface area contributed by atoms with Crippen LogP contribution in [0.2, 0.25) is 0 Å². The van der Waals surface area contributed by atoms with Crippen molar-refractivity contribution in [3.05, 3.63) is 22.9 Å². The molecule has 1 aliphatic carbocycles. The van der Waals surface area contributed by atoms with Crippen molar-refractivity contribution in [3.8, 4) is 0 Å². The maximum absolute atomic E-state index is 5.93. The molecule has 19 heavy (non-hydrogen) atoms. The summed E-state index contributed by atoms with van der Waals surface area (Å²) in [6.07, 6.45) is 7.20. The Morgan fingerprint density at radius 3 is 2.95 bits per heavy atom. The summed E-state index contributed by atoms with van der Waals surface area (Å²) in [7, 11) is 0. The van der Waals surface area contributed by atoms with Gasteiger partial charge in [0.25, 0.3) is 0 Å². The number of piperidine rings is 1. The molecule has 0 bridgehead atoms. The first-order valence-electron chi connectivity index (χ1n) is 7.26. The highest BCUT2D eigenvalue weighted by Gasteiger charge is 2.25. The number of hydrogen-bond donors (Lipinski definition) is 1. The van der Waals surface area contributed by atoms with Crippen molar-refractivity contribution in [3.63, 3.8) is 0 Å². The molecule has 1 aromatic heterocycles. The Kier molecular flexibility index (Phi) is 3.44. The highest BCUT2D eigenvalue weighted by Crippen LogP contribution is 2.31. The summed E-state index contributed by atoms with van der Waals surface area (Å²) in [5.41, 5.74) is 9.50. The van der Waals surface area contributed by atoms with Crippen molar-refractivity contribution in [1.82, 2.24) is 4.98 Å². The lowest BCUT2D eigenvalue weighted by Gasteiger charge is -2.35. The smallest absolute Gasteiger partial charge is 0.139 e. The van der Waals surface area contributed by atoms with E-state index in [1.807, 2.05) is 0 Å². The van der Waals surface area contributed by atoms with Crippen molar-refractivity contribution in [2.45, 2.75) is 51.5 Å². The third-order valence-electron chi connectivity index (χ3n) is 4.37. The number of rotatable bonds is 2. The predicted molar refractivity (Wildman–Crippen MR) is 82.8 cm³/mol. The zero-order chi connectivity index (χ0) is 13.4. The molecule has 2 aliphatic rings. The number of aromatic nitrogens is 1. The molecule has 1 aromatic rings. The largest absolute Gasteiger partial charge is 0.389 e. The van der Waals surface area contributed by atoms with Crippen molar-refractivity contribution in [2.75, 3.05) is 11.4 Å². The summed E-state index contributed by atoms with van der Waals surface area (Å²) in [6.45, 7) is 3.35. The monoisotopic (exact) mass is 275 g/mol. The molecule has 4 heteroatoms. The van der Waals surface area contributed by atoms with Gasteiger partial charge in [-0.1, -0.05) is 12.2 Å². The van der Waals surface area contributed by atoms with Crippen LogP contribution in [0.5, 0.6) is 0 Å². The van der Waals surface area contributed by atoms with Gasteiger partial charge < -0.3 is 10.6 Å². The fourth-order valence-electron chi connectivity index (χ4n) is 3.27. The normalized spacial score (nSPS) is 22.4. The average Bonchev–Trinajstić information content (AvgIpc) is 2.85. The number of nitrogens with two attached hydrogens (primary N) is 1. The Morgan fingerprint density at radius 1 is 1.37 bits per heavy atom. The van der Waals surface area contributed by atoms with E-state index in [2.05, 4.69) is 17.9 Å². The van der Waals surface area contributed by atoms with E-state index in [4.69, 9.17) is 22.9 Å². The van der Waals surface area contributed by atoms with Crippen LogP contribution in [0.1, 0.15) is 49.4 Å². The minimum Gasteiger partial charge on any atom is -0.389 e. The van der Waals surface area contributed by atoms with Crippen LogP contribution in [-0.2, 0) is 12.8 Å². The number of anilines is 1. The molecule has 1 fully saturated rings. The molecule has 1 aliphatic heterocycles. The van der Waals surface area contributed by atoms with Crippen molar-refractivity contribution >= 4 is 23.0 Å². The van der Waals surface area contributed by atoms with E-state index in [-0.39, 0.29) is 0 Å². The highest BCUT2D eigenvalue weighted by molar-refractivity contribution is 7.80. The Hall–Kier alpha value is -1.16. The molecule has 0 aromatic carbocycles. The summed E-state index contributed by atoms with van der Waals surface area (Å²) < 4.78 is 0. The first-order chi connectivity index (χ1) is 9.16. The lowest BCUT2D eigenvalue weighted by molar-refractivity contribution is 0.480. The minimum atomic E-state index is 0.481. The number of pyridine rings is 1. The van der Waals surface area contributed by atoms with Gasteiger partial charge in [-0.15, -0.1) is 0 Å². The van der Waals surface area contributed by atoms with Gasteiger partial charge in [0.15, 0.2) is 0 Å². The maximum Gasteiger partial charge on any atom is 0.139 e. The van der Waals surface area contributed by atoms with Gasteiger partial charge in [0.05, 0.1) is 5.56 Å². The molecule has 3 rings (SSSR count). The molecule has 0 amide bonds. The van der Waals surface area contributed by atoms with E-state index in [1.54, 1.807) is 0 Å². The number of thiocarbonyl (C=S) groups is 1. The van der Waals surface area contributed by atoms with Crippen molar-refractivity contribution in [2.24, 2.45) is 5.73 Å². The van der Waals surface area contributed by atoms with Gasteiger partial charge in [-0.2, -0.15) is 0 Å². The van der Waals surface area contributed by atoms with Crippen molar-refractivity contribution < 1.29 is 0 Å². The number of nitrogens with zero attached hydrogens (tertiary/aromatic N) is 2. The van der Waals surface area contributed by atoms with Crippen LogP contribution < -0.4 is 10.6 Å². The fraction of sp³-hybridized carbons (Fsp3) is 0.600. The van der Waals surface area contributed by atoms with Crippen LogP contribution in [-0.4, -0.2) is 22.6 Å². The first kappa shape index (κ1) is 12.9. The van der Waals surface area contributed by atoms with E-state index >= 15 is 0 Å². The summed E-state index contributed by atoms with van der Waals surface area (Å²) in [5, 5.41) is 0. The van der Waals surface area contributed by atoms with Crippen LogP contribution in [0.15, 0.2) is 6.07 Å². The molecular formula is C15H21N3S. The Balaban J connectivity index is 2.05. The molecule has 1 atom stereocenters. The van der Waals surface area contributed by atoms with Crippen LogP contribution in [0, 0.1) is 0 Å². The molecule has 2 N–H and O–H groups in total. The minimum absolute atomic E-state index is 0.481. The van der Waals surface area contributed by atoms with Gasteiger partial charge in [0.2, 0.25) is 0 Å². The topological polar surface area (TPSA) is 42.2 Å². The van der Waals surface area contributed by atoms with Gasteiger partial charge in [0, 0.05) is 18.3 Å². The lowest BCUT2D eigenvalue weighted by Crippen LogP contribution is -2.39. The third-order valence-corrected chi connectivity index (χ3v) is 4.59. The highest BCUT2D eigenvalue weighted by atomic mass is 32.1. The zero-order valence-electron chi connectivity index (χ0n) is 11.5. The van der Waals surface area contributed by atoms with Crippen LogP contribution in [0.4, 0.5) is 5.82 Å². The van der Waals surface area contributed by atoms with Crippen LogP contribution in [0.25, 0.3) is 0 Å².